The molecule has 6 heteroatoms. The number of benzene rings is 2. The maximum absolute atomic E-state index is 12.0. The van der Waals surface area contributed by atoms with Gasteiger partial charge in [0, 0.05) is 5.56 Å². The van der Waals surface area contributed by atoms with Gasteiger partial charge in [-0.3, -0.25) is 10.7 Å². The molecule has 2 aromatic rings. The molecule has 0 spiro atoms. The summed E-state index contributed by atoms with van der Waals surface area (Å²) in [7, 11) is 0. The molecule has 5 nitrogen and oxygen atoms in total. The topological polar surface area (TPSA) is 71.4 Å². The molecular formula is C19H21IN2O3. The minimum Gasteiger partial charge on any atom is -0.489 e. The van der Waals surface area contributed by atoms with Crippen molar-refractivity contribution >= 4 is 38.1 Å². The summed E-state index contributed by atoms with van der Waals surface area (Å²) in [5.41, 5.74) is 1.57. The molecule has 2 N–H and O–H groups in total. The molecule has 2 rings (SSSR count). The number of rotatable bonds is 5. The van der Waals surface area contributed by atoms with Gasteiger partial charge >= 0.3 is 6.09 Å². The Balaban J connectivity index is 2.11. The number of hydrogen-bond acceptors (Lipinski definition) is 4. The molecular weight excluding hydrogens is 431 g/mol. The molecule has 0 bridgehead atoms. The Morgan fingerprint density at radius 3 is 2.44 bits per heavy atom. The highest BCUT2D eigenvalue weighted by atomic mass is 127. The summed E-state index contributed by atoms with van der Waals surface area (Å²) in [6.45, 7) is 5.84. The van der Waals surface area contributed by atoms with Gasteiger partial charge in [-0.05, 0) is 67.1 Å². The largest absolute Gasteiger partial charge is 0.489 e. The molecule has 0 aliphatic rings. The van der Waals surface area contributed by atoms with E-state index in [0.717, 1.165) is 5.56 Å². The number of anilines is 1. The van der Waals surface area contributed by atoms with Gasteiger partial charge in [-0.2, -0.15) is 0 Å². The average Bonchev–Trinajstić information content (AvgIpc) is 2.53. The predicted octanol–water partition coefficient (Wildman–Crippen LogP) is 5.37. The molecule has 0 fully saturated rings. The van der Waals surface area contributed by atoms with Gasteiger partial charge in [0.25, 0.3) is 0 Å². The molecule has 0 unspecified atom stereocenters. The Hall–Kier alpha value is -2.09. The first-order valence-corrected chi connectivity index (χ1v) is 8.88. The van der Waals surface area contributed by atoms with Crippen molar-refractivity contribution in [3.8, 4) is 5.75 Å². The highest BCUT2D eigenvalue weighted by molar-refractivity contribution is 14.1. The van der Waals surface area contributed by atoms with Gasteiger partial charge in [0.2, 0.25) is 0 Å². The number of hydrogen-bond donors (Lipinski definition) is 2. The van der Waals surface area contributed by atoms with Crippen LogP contribution >= 0.6 is 22.6 Å². The van der Waals surface area contributed by atoms with Crippen LogP contribution in [-0.4, -0.2) is 15.4 Å². The lowest BCUT2D eigenvalue weighted by atomic mass is 10.1. The van der Waals surface area contributed by atoms with E-state index in [1.807, 2.05) is 52.9 Å². The van der Waals surface area contributed by atoms with E-state index in [9.17, 15) is 4.79 Å². The smallest absolute Gasteiger partial charge is 0.412 e. The predicted molar refractivity (Wildman–Crippen MR) is 108 cm³/mol. The highest BCUT2D eigenvalue weighted by Gasteiger charge is 2.18. The Labute approximate surface area is 161 Å². The molecule has 25 heavy (non-hydrogen) atoms. The van der Waals surface area contributed by atoms with Crippen molar-refractivity contribution in [3.05, 3.63) is 59.7 Å². The van der Waals surface area contributed by atoms with Gasteiger partial charge in [-0.25, -0.2) is 4.79 Å². The molecule has 0 atom stereocenters. The van der Waals surface area contributed by atoms with Crippen LogP contribution < -0.4 is 10.1 Å². The highest BCUT2D eigenvalue weighted by Crippen LogP contribution is 2.26. The Morgan fingerprint density at radius 1 is 1.16 bits per heavy atom. The molecule has 0 aromatic heterocycles. The van der Waals surface area contributed by atoms with Gasteiger partial charge in [0.1, 0.15) is 21.7 Å². The Bertz CT molecular complexity index is 755. The quantitative estimate of drug-likeness (QED) is 0.473. The lowest BCUT2D eigenvalue weighted by Crippen LogP contribution is -2.27. The summed E-state index contributed by atoms with van der Waals surface area (Å²) in [4.78, 5) is 12.0. The first kappa shape index (κ1) is 19.2. The monoisotopic (exact) mass is 452 g/mol. The van der Waals surface area contributed by atoms with Crippen LogP contribution in [0.15, 0.2) is 48.5 Å². The summed E-state index contributed by atoms with van der Waals surface area (Å²) in [6, 6.07) is 15.1. The van der Waals surface area contributed by atoms with Crippen LogP contribution in [0.5, 0.6) is 5.75 Å². The molecule has 132 valence electrons. The van der Waals surface area contributed by atoms with Gasteiger partial charge in [0.15, 0.2) is 0 Å². The zero-order valence-electron chi connectivity index (χ0n) is 14.4. The summed E-state index contributed by atoms with van der Waals surface area (Å²) in [5, 5.41) is 10.6. The molecule has 0 radical (unpaired) electrons. The van der Waals surface area contributed by atoms with Crippen molar-refractivity contribution in [1.82, 2.24) is 0 Å². The zero-order chi connectivity index (χ0) is 18.4. The van der Waals surface area contributed by atoms with Crippen LogP contribution in [0.3, 0.4) is 0 Å². The van der Waals surface area contributed by atoms with E-state index in [4.69, 9.17) is 14.9 Å². The van der Waals surface area contributed by atoms with Crippen molar-refractivity contribution in [1.29, 1.82) is 5.41 Å². The second-order valence-corrected chi connectivity index (χ2v) is 7.50. The van der Waals surface area contributed by atoms with E-state index >= 15 is 0 Å². The fourth-order valence-corrected chi connectivity index (χ4v) is 2.50. The number of ether oxygens (including phenoxy) is 2. The number of halogens is 1. The van der Waals surface area contributed by atoms with Crippen LogP contribution in [0.1, 0.15) is 31.9 Å². The second kappa shape index (κ2) is 8.33. The Morgan fingerprint density at radius 2 is 1.84 bits per heavy atom. The molecule has 0 aliphatic heterocycles. The maximum atomic E-state index is 12.0. The minimum atomic E-state index is -0.583. The van der Waals surface area contributed by atoms with Gasteiger partial charge in [-0.15, -0.1) is 0 Å². The number of carbonyl (C=O) groups excluding carboxylic acids is 1. The van der Waals surface area contributed by atoms with Crippen LogP contribution in [0.4, 0.5) is 10.5 Å². The summed E-state index contributed by atoms with van der Waals surface area (Å²) in [6.07, 6.45) is -0.552. The third kappa shape index (κ3) is 6.38. The van der Waals surface area contributed by atoms with Crippen molar-refractivity contribution in [2.45, 2.75) is 33.0 Å². The molecule has 0 heterocycles. The normalized spacial score (nSPS) is 10.9. The molecule has 1 amide bonds. The van der Waals surface area contributed by atoms with E-state index in [0.29, 0.717) is 27.3 Å². The standard InChI is InChI=1S/C19H21IN2O3/c1-19(2,3)25-18(23)22-16-10-9-14(11-15(16)17(20)21)24-12-13-7-5-4-6-8-13/h4-11,21H,12H2,1-3H3,(H,22,23). The molecule has 2 aromatic carbocycles. The van der Waals surface area contributed by atoms with Crippen LogP contribution in [0, 0.1) is 5.41 Å². The van der Waals surface area contributed by atoms with E-state index in [2.05, 4.69) is 5.32 Å². The number of amides is 1. The lowest BCUT2D eigenvalue weighted by molar-refractivity contribution is 0.0636. The van der Waals surface area contributed by atoms with E-state index in [1.54, 1.807) is 39.0 Å². The first-order chi connectivity index (χ1) is 11.7. The van der Waals surface area contributed by atoms with Crippen molar-refractivity contribution < 1.29 is 14.3 Å². The molecule has 0 saturated carbocycles. The summed E-state index contributed by atoms with van der Waals surface area (Å²) < 4.78 is 11.3. The van der Waals surface area contributed by atoms with E-state index in [1.165, 1.54) is 0 Å². The minimum absolute atomic E-state index is 0.300. The summed E-state index contributed by atoms with van der Waals surface area (Å²) in [5.74, 6) is 0.634. The van der Waals surface area contributed by atoms with E-state index in [-0.39, 0.29) is 0 Å². The van der Waals surface area contributed by atoms with Crippen molar-refractivity contribution in [2.24, 2.45) is 0 Å². The first-order valence-electron chi connectivity index (χ1n) is 7.80. The van der Waals surface area contributed by atoms with Gasteiger partial charge < -0.3 is 9.47 Å². The van der Waals surface area contributed by atoms with Gasteiger partial charge in [-0.1, -0.05) is 30.3 Å². The fourth-order valence-electron chi connectivity index (χ4n) is 2.06. The molecule has 0 saturated heterocycles. The van der Waals surface area contributed by atoms with Crippen LogP contribution in [0.25, 0.3) is 0 Å². The lowest BCUT2D eigenvalue weighted by Gasteiger charge is -2.20. The van der Waals surface area contributed by atoms with E-state index < -0.39 is 11.7 Å². The van der Waals surface area contributed by atoms with Crippen molar-refractivity contribution in [2.75, 3.05) is 5.32 Å². The van der Waals surface area contributed by atoms with Crippen LogP contribution in [0.2, 0.25) is 0 Å². The Kier molecular flexibility index (Phi) is 6.41. The number of nitrogens with one attached hydrogen (secondary N) is 2. The SMILES string of the molecule is CC(C)(C)OC(=O)Nc1ccc(OCc2ccccc2)cc1C(=N)I. The third-order valence-electron chi connectivity index (χ3n) is 3.11. The second-order valence-electron chi connectivity index (χ2n) is 6.42. The van der Waals surface area contributed by atoms with Gasteiger partial charge in [0.05, 0.1) is 5.69 Å². The van der Waals surface area contributed by atoms with Crippen molar-refractivity contribution in [3.63, 3.8) is 0 Å². The number of carbonyl (C=O) groups is 1. The fraction of sp³-hybridized carbons (Fsp3) is 0.263. The zero-order valence-corrected chi connectivity index (χ0v) is 16.6. The third-order valence-corrected chi connectivity index (χ3v) is 3.69. The summed E-state index contributed by atoms with van der Waals surface area (Å²) >= 11 is 1.90. The van der Waals surface area contributed by atoms with Crippen LogP contribution in [-0.2, 0) is 11.3 Å². The maximum Gasteiger partial charge on any atom is 0.412 e. The molecule has 0 aliphatic carbocycles. The average molecular weight is 452 g/mol.